The zero-order valence-electron chi connectivity index (χ0n) is 27.9. The van der Waals surface area contributed by atoms with Crippen LogP contribution in [0.15, 0.2) is 126 Å². The van der Waals surface area contributed by atoms with E-state index in [1.54, 1.807) is 12.1 Å². The van der Waals surface area contributed by atoms with Gasteiger partial charge in [0.25, 0.3) is 5.91 Å². The van der Waals surface area contributed by atoms with Crippen molar-refractivity contribution in [3.8, 4) is 11.1 Å². The van der Waals surface area contributed by atoms with Gasteiger partial charge < -0.3 is 24.7 Å². The highest BCUT2D eigenvalue weighted by molar-refractivity contribution is 5.97. The lowest BCUT2D eigenvalue weighted by Crippen LogP contribution is -2.45. The molecular weight excluding hydrogens is 626 g/mol. The summed E-state index contributed by atoms with van der Waals surface area (Å²) in [5.74, 6) is -0.210. The second-order valence-electron chi connectivity index (χ2n) is 13.1. The van der Waals surface area contributed by atoms with E-state index in [1.807, 2.05) is 83.8 Å². The first-order chi connectivity index (χ1) is 24.5. The first kappa shape index (κ1) is 32.9. The number of amides is 3. The van der Waals surface area contributed by atoms with Crippen molar-refractivity contribution < 1.29 is 23.5 Å². The van der Waals surface area contributed by atoms with Gasteiger partial charge in [-0.1, -0.05) is 110 Å². The van der Waals surface area contributed by atoms with Gasteiger partial charge >= 0.3 is 6.09 Å². The molecule has 1 aromatic heterocycles. The van der Waals surface area contributed by atoms with Crippen molar-refractivity contribution >= 4 is 23.6 Å². The SMILES string of the molecule is O=C(N[C@@H](Cc1ccccc1)C(=O)Nc1ccc(CN(C(=O)c2ccco2)C2CCCCC2)cc1)OCC1c2ccccc2-c2ccccc21. The number of hydrogen-bond donors (Lipinski definition) is 2. The minimum Gasteiger partial charge on any atom is -0.459 e. The Balaban J connectivity index is 1.01. The second kappa shape index (κ2) is 15.3. The molecule has 0 bridgehead atoms. The van der Waals surface area contributed by atoms with Crippen LogP contribution in [0.2, 0.25) is 0 Å². The standard InChI is InChI=1S/C42H41N3O5/c46-40(43-31-23-21-30(22-24-31)27-45(32-14-5-2-6-15-32)41(47)39-20-11-25-49-39)38(26-29-12-3-1-4-13-29)44-42(48)50-28-37-35-18-9-7-16-33(35)34-17-8-10-19-36(34)37/h1,3-4,7-13,16-25,32,37-38H,2,5-6,14-15,26-28H2,(H,43,46)(H,44,48)/t38-/m0/s1. The van der Waals surface area contributed by atoms with Gasteiger partial charge in [0.15, 0.2) is 5.76 Å². The molecule has 0 radical (unpaired) electrons. The van der Waals surface area contributed by atoms with E-state index >= 15 is 0 Å². The molecule has 1 fully saturated rings. The van der Waals surface area contributed by atoms with Crippen LogP contribution in [0.25, 0.3) is 11.1 Å². The van der Waals surface area contributed by atoms with Gasteiger partial charge in [-0.05, 0) is 70.5 Å². The lowest BCUT2D eigenvalue weighted by molar-refractivity contribution is -0.118. The topological polar surface area (TPSA) is 101 Å². The number of benzene rings is 4. The van der Waals surface area contributed by atoms with E-state index < -0.39 is 12.1 Å². The number of alkyl carbamates (subject to hydrolysis) is 1. The molecule has 0 unspecified atom stereocenters. The van der Waals surface area contributed by atoms with Crippen LogP contribution in [-0.2, 0) is 22.5 Å². The Morgan fingerprint density at radius 3 is 2.06 bits per heavy atom. The molecule has 2 aliphatic carbocycles. The summed E-state index contributed by atoms with van der Waals surface area (Å²) in [4.78, 5) is 42.2. The van der Waals surface area contributed by atoms with Crippen molar-refractivity contribution in [1.29, 1.82) is 0 Å². The fraction of sp³-hybridized carbons (Fsp3) is 0.262. The minimum absolute atomic E-state index is 0.0866. The Hall–Kier alpha value is -5.63. The zero-order valence-corrected chi connectivity index (χ0v) is 27.9. The number of rotatable bonds is 11. The monoisotopic (exact) mass is 667 g/mol. The largest absolute Gasteiger partial charge is 0.459 e. The maximum atomic E-state index is 13.7. The van der Waals surface area contributed by atoms with Crippen molar-refractivity contribution in [3.63, 3.8) is 0 Å². The Morgan fingerprint density at radius 1 is 0.740 bits per heavy atom. The molecule has 8 nitrogen and oxygen atoms in total. The molecule has 0 saturated heterocycles. The van der Waals surface area contributed by atoms with E-state index in [9.17, 15) is 14.4 Å². The highest BCUT2D eigenvalue weighted by Gasteiger charge is 2.31. The zero-order chi connectivity index (χ0) is 34.3. The summed E-state index contributed by atoms with van der Waals surface area (Å²) in [5, 5.41) is 5.81. The van der Waals surface area contributed by atoms with Crippen LogP contribution in [0, 0.1) is 0 Å². The number of ether oxygens (including phenoxy) is 1. The maximum Gasteiger partial charge on any atom is 0.407 e. The van der Waals surface area contributed by atoms with Crippen molar-refractivity contribution in [2.45, 2.75) is 63.1 Å². The van der Waals surface area contributed by atoms with Crippen LogP contribution in [0.1, 0.15) is 70.8 Å². The molecule has 5 aromatic rings. The van der Waals surface area contributed by atoms with Crippen LogP contribution in [0.5, 0.6) is 0 Å². The third-order valence-electron chi connectivity index (χ3n) is 9.82. The normalized spacial score (nSPS) is 14.6. The van der Waals surface area contributed by atoms with Crippen molar-refractivity contribution in [3.05, 3.63) is 150 Å². The molecule has 7 rings (SSSR count). The fourth-order valence-electron chi connectivity index (χ4n) is 7.26. The predicted molar refractivity (Wildman–Crippen MR) is 193 cm³/mol. The van der Waals surface area contributed by atoms with Crippen LogP contribution < -0.4 is 10.6 Å². The number of fused-ring (bicyclic) bond motifs is 3. The van der Waals surface area contributed by atoms with Gasteiger partial charge in [-0.25, -0.2) is 4.79 Å². The first-order valence-corrected chi connectivity index (χ1v) is 17.4. The molecular formula is C42H41N3O5. The molecule has 8 heteroatoms. The summed E-state index contributed by atoms with van der Waals surface area (Å²) in [6, 6.07) is 36.2. The fourth-order valence-corrected chi connectivity index (χ4v) is 7.26. The number of furan rings is 1. The number of hydrogen-bond acceptors (Lipinski definition) is 5. The highest BCUT2D eigenvalue weighted by Crippen LogP contribution is 2.44. The average Bonchev–Trinajstić information content (AvgIpc) is 3.81. The predicted octanol–water partition coefficient (Wildman–Crippen LogP) is 8.34. The molecule has 4 aromatic carbocycles. The van der Waals surface area contributed by atoms with E-state index in [-0.39, 0.29) is 30.4 Å². The molecule has 2 aliphatic rings. The van der Waals surface area contributed by atoms with Gasteiger partial charge in [0.1, 0.15) is 12.6 Å². The molecule has 3 amide bonds. The Bertz CT molecular complexity index is 1870. The minimum atomic E-state index is -0.875. The van der Waals surface area contributed by atoms with E-state index in [4.69, 9.17) is 9.15 Å². The van der Waals surface area contributed by atoms with Crippen LogP contribution in [-0.4, -0.2) is 41.5 Å². The molecule has 2 N–H and O–H groups in total. The lowest BCUT2D eigenvalue weighted by Gasteiger charge is -2.34. The van der Waals surface area contributed by atoms with E-state index in [0.29, 0.717) is 24.4 Å². The van der Waals surface area contributed by atoms with Crippen molar-refractivity contribution in [2.24, 2.45) is 0 Å². The molecule has 0 aliphatic heterocycles. The van der Waals surface area contributed by atoms with Gasteiger partial charge in [-0.2, -0.15) is 0 Å². The Kier molecular flexibility index (Phi) is 10.1. The van der Waals surface area contributed by atoms with E-state index in [1.165, 1.54) is 12.7 Å². The average molecular weight is 668 g/mol. The number of nitrogens with zero attached hydrogens (tertiary/aromatic N) is 1. The highest BCUT2D eigenvalue weighted by atomic mass is 16.5. The van der Waals surface area contributed by atoms with Gasteiger partial charge in [-0.15, -0.1) is 0 Å². The third-order valence-corrected chi connectivity index (χ3v) is 9.82. The second-order valence-corrected chi connectivity index (χ2v) is 13.1. The summed E-state index contributed by atoms with van der Waals surface area (Å²) in [5.41, 5.74) is 6.99. The summed E-state index contributed by atoms with van der Waals surface area (Å²) in [7, 11) is 0. The maximum absolute atomic E-state index is 13.7. The lowest BCUT2D eigenvalue weighted by atomic mass is 9.93. The molecule has 1 saturated carbocycles. The number of anilines is 1. The number of carbonyl (C=O) groups excluding carboxylic acids is 3. The summed E-state index contributed by atoms with van der Waals surface area (Å²) in [6.45, 7) is 0.597. The summed E-state index contributed by atoms with van der Waals surface area (Å²) >= 11 is 0. The van der Waals surface area contributed by atoms with Crippen LogP contribution in [0.3, 0.4) is 0 Å². The third kappa shape index (κ3) is 7.49. The molecule has 254 valence electrons. The van der Waals surface area contributed by atoms with Crippen LogP contribution >= 0.6 is 0 Å². The number of nitrogens with one attached hydrogen (secondary N) is 2. The Labute approximate surface area is 292 Å². The number of carbonyl (C=O) groups is 3. The molecule has 1 atom stereocenters. The van der Waals surface area contributed by atoms with Gasteiger partial charge in [0.2, 0.25) is 5.91 Å². The molecule has 50 heavy (non-hydrogen) atoms. The van der Waals surface area contributed by atoms with Crippen molar-refractivity contribution in [1.82, 2.24) is 10.2 Å². The molecule has 1 heterocycles. The molecule has 0 spiro atoms. The Morgan fingerprint density at radius 2 is 1.40 bits per heavy atom. The van der Waals surface area contributed by atoms with Gasteiger partial charge in [-0.3, -0.25) is 9.59 Å². The van der Waals surface area contributed by atoms with E-state index in [0.717, 1.165) is 59.1 Å². The van der Waals surface area contributed by atoms with Crippen LogP contribution in [0.4, 0.5) is 10.5 Å². The summed E-state index contributed by atoms with van der Waals surface area (Å²) in [6.07, 6.45) is 6.51. The first-order valence-electron chi connectivity index (χ1n) is 17.4. The van der Waals surface area contributed by atoms with Crippen molar-refractivity contribution in [2.75, 3.05) is 11.9 Å². The summed E-state index contributed by atoms with van der Waals surface area (Å²) < 4.78 is 11.2. The van der Waals surface area contributed by atoms with Gasteiger partial charge in [0, 0.05) is 30.6 Å². The van der Waals surface area contributed by atoms with Gasteiger partial charge in [0.05, 0.1) is 6.26 Å². The quantitative estimate of drug-likeness (QED) is 0.148. The smallest absolute Gasteiger partial charge is 0.407 e. The van der Waals surface area contributed by atoms with E-state index in [2.05, 4.69) is 34.9 Å².